The Labute approximate surface area is 785 Å². The molecule has 0 atom stereocenters. The van der Waals surface area contributed by atoms with Crippen molar-refractivity contribution in [2.45, 2.75) is 245 Å². The highest BCUT2D eigenvalue weighted by atomic mass is 15.2. The maximum Gasteiger partial charge on any atom is 0.252 e. The predicted octanol–water partition coefficient (Wildman–Crippen LogP) is 32.9. The van der Waals surface area contributed by atoms with Crippen LogP contribution < -0.4 is 26.2 Å². The van der Waals surface area contributed by atoms with Gasteiger partial charge in [-0.15, -0.1) is 0 Å². The zero-order valence-electron chi connectivity index (χ0n) is 93.4. The molecule has 0 N–H and O–H groups in total. The summed E-state index contributed by atoms with van der Waals surface area (Å²) in [6.07, 6.45) is 1.04. The number of rotatable bonds is 17. The summed E-state index contributed by atoms with van der Waals surface area (Å²) in [6.45, 7) is 58.6. The lowest BCUT2D eigenvalue weighted by atomic mass is 9.33. The van der Waals surface area contributed by atoms with Crippen molar-refractivity contribution in [1.82, 2.24) is 9.13 Å². The Morgan fingerprint density at radius 3 is 0.836 bits per heavy atom. The lowest BCUT2D eigenvalue weighted by Gasteiger charge is -2.46. The van der Waals surface area contributed by atoms with Crippen molar-refractivity contribution in [3.05, 3.63) is 305 Å². The van der Waals surface area contributed by atoms with Crippen LogP contribution >= 0.6 is 0 Å². The van der Waals surface area contributed by atoms with Crippen LogP contribution in [-0.2, 0) is 57.7 Å². The third-order valence-corrected chi connectivity index (χ3v) is 24.3. The van der Waals surface area contributed by atoms with Crippen molar-refractivity contribution in [3.8, 4) is 55.9 Å². The van der Waals surface area contributed by atoms with E-state index in [1.807, 2.05) is 41.5 Å². The van der Waals surface area contributed by atoms with Gasteiger partial charge in [0.1, 0.15) is 0 Å². The minimum atomic E-state index is -1.94. The lowest BCUT2D eigenvalue weighted by molar-refractivity contribution is 0.410. The first-order valence-electron chi connectivity index (χ1n) is 52.7. The third-order valence-electron chi connectivity index (χ3n) is 24.3. The number of anilines is 6. The monoisotopic (exact) mass is 1700 g/mol. The normalized spacial score (nSPS) is 15.2. The summed E-state index contributed by atoms with van der Waals surface area (Å²) in [5.74, 6) is 0. The van der Waals surface area contributed by atoms with E-state index in [4.69, 9.17) is 0 Å². The zero-order chi connectivity index (χ0) is 102. The molecule has 13 aromatic carbocycles. The molecule has 2 aromatic heterocycles. The maximum absolute atomic E-state index is 10.7. The Bertz CT molecular complexity index is 6930. The van der Waals surface area contributed by atoms with Crippen LogP contribution in [0.25, 0.3) is 99.5 Å². The van der Waals surface area contributed by atoms with Crippen LogP contribution in [0, 0.1) is 48.7 Å². The average Bonchev–Trinajstić information content (AvgIpc) is 0.777. The molecule has 0 radical (unpaired) electrons. The Kier molecular flexibility index (Phi) is 19.1. The molecule has 0 bridgehead atoms. The van der Waals surface area contributed by atoms with E-state index in [0.717, 1.165) is 160 Å². The molecule has 5 heteroatoms. The molecule has 2 aliphatic heterocycles. The Balaban J connectivity index is 1.14. The highest BCUT2D eigenvalue weighted by Crippen LogP contribution is 2.56. The van der Waals surface area contributed by atoms with Crippen molar-refractivity contribution in [3.63, 3.8) is 0 Å². The highest BCUT2D eigenvalue weighted by Gasteiger charge is 2.47. The van der Waals surface area contributed by atoms with E-state index in [2.05, 4.69) is 371 Å². The number of hydrogen-bond donors (Lipinski definition) is 0. The van der Waals surface area contributed by atoms with Gasteiger partial charge < -0.3 is 18.9 Å². The summed E-state index contributed by atoms with van der Waals surface area (Å²) in [5, 5.41) is 2.24. The van der Waals surface area contributed by atoms with Gasteiger partial charge in [0.05, 0.1) is 44.4 Å². The Hall–Kier alpha value is -10.9. The number of aromatic nitrogens is 2. The van der Waals surface area contributed by atoms with Crippen LogP contribution in [0.3, 0.4) is 0 Å². The molecule has 0 spiro atoms. The first-order valence-corrected chi connectivity index (χ1v) is 46.7. The van der Waals surface area contributed by atoms with Crippen molar-refractivity contribution in [2.75, 3.05) is 9.80 Å². The summed E-state index contributed by atoms with van der Waals surface area (Å²) in [4.78, 5) is 5.01. The second kappa shape index (κ2) is 32.6. The molecule has 17 rings (SSSR count). The predicted molar refractivity (Wildman–Crippen MR) is 559 cm³/mol. The molecule has 4 nitrogen and oxygen atoms in total. The van der Waals surface area contributed by atoms with Gasteiger partial charge in [0.2, 0.25) is 0 Å². The van der Waals surface area contributed by atoms with Gasteiger partial charge >= 0.3 is 0 Å². The molecular formula is C123H141BN4. The van der Waals surface area contributed by atoms with Crippen LogP contribution in [0.15, 0.2) is 255 Å². The van der Waals surface area contributed by atoms with E-state index >= 15 is 0 Å². The second-order valence-electron chi connectivity index (χ2n) is 48.0. The van der Waals surface area contributed by atoms with E-state index in [-0.39, 0.29) is 86.2 Å². The van der Waals surface area contributed by atoms with E-state index in [0.29, 0.717) is 85.4 Å². The van der Waals surface area contributed by atoms with Gasteiger partial charge in [0.25, 0.3) is 6.71 Å². The van der Waals surface area contributed by atoms with Gasteiger partial charge in [-0.3, -0.25) is 0 Å². The highest BCUT2D eigenvalue weighted by molar-refractivity contribution is 7.00. The van der Waals surface area contributed by atoms with Crippen LogP contribution in [-0.4, -0.2) is 15.8 Å². The molecule has 656 valence electrons. The summed E-state index contributed by atoms with van der Waals surface area (Å²) in [6, 6.07) is 73.0. The van der Waals surface area contributed by atoms with E-state index in [1.165, 1.54) is 0 Å². The molecule has 4 heterocycles. The van der Waals surface area contributed by atoms with Crippen molar-refractivity contribution < 1.29 is 16.4 Å². The SMILES string of the molecule is [2H]c1c([2H])c([2H])c2c(c1[2H])c1cc(CC(C)(C)C)ccc1n2-c1ccc2c(c1)N(c1c(-c3cccc(CC(C)(C)C)c3)cc(C([2H])([2H])C(C)(C)C)cc1-c1cccc(CC(C)(C)C)c1)c1cc(CC(C)(C)C)cc3c1B2c1ccc(-n2c4ccc(CC(C)(C)C)cc4c4c([2H])c([2H])c([2H])c([2H])c42)cc1N3c1c(-c2cccc(CC(C)(C)C)c2)cc(C([2H])([2H])C(C)(C)C)cc1-c1cccc(CC(C)(C)C)c1. The summed E-state index contributed by atoms with van der Waals surface area (Å²) < 4.78 is 126. The van der Waals surface area contributed by atoms with Crippen LogP contribution in [0.2, 0.25) is 0 Å². The van der Waals surface area contributed by atoms with Crippen LogP contribution in [0.1, 0.15) is 253 Å². The molecule has 0 aliphatic carbocycles. The van der Waals surface area contributed by atoms with E-state index in [9.17, 15) is 16.4 Å². The number of nitrogens with zero attached hydrogens (tertiary/aromatic N) is 4. The van der Waals surface area contributed by atoms with Crippen molar-refractivity contribution in [2.24, 2.45) is 48.7 Å². The first-order chi connectivity index (χ1) is 64.8. The van der Waals surface area contributed by atoms with E-state index < -0.39 is 30.3 Å². The fraction of sp³-hybridized carbons (Fsp3) is 0.366. The molecule has 15 aromatic rings. The molecule has 2 aliphatic rings. The smallest absolute Gasteiger partial charge is 0.252 e. The largest absolute Gasteiger partial charge is 0.310 e. The molecule has 0 amide bonds. The van der Waals surface area contributed by atoms with Crippen LogP contribution in [0.4, 0.5) is 34.1 Å². The van der Waals surface area contributed by atoms with Gasteiger partial charge in [-0.25, -0.2) is 0 Å². The minimum Gasteiger partial charge on any atom is -0.310 e. The Morgan fingerprint density at radius 2 is 0.539 bits per heavy atom. The molecule has 0 saturated heterocycles. The van der Waals surface area contributed by atoms with Gasteiger partial charge in [0.15, 0.2) is 0 Å². The standard InChI is InChI=1S/C123H141BN4/c1-115(2,3)70-79-36-32-40-88(56-79)96-62-85(76-121(19,20)21)63-97(89-41-33-37-80(57-89)71-116(4,5)6)113(96)127-108-68-92(125-104-46-30-28-44-94(104)100-60-83(48-54-106(100)125)74-119(13,14)15)50-52-102(108)124-103-53-51-93(126-105-47-31-29-45-95(105)101-61-84(49-55-107(101)126)75-120(16,17)18)69-109(103)128(111-67-87(78-123(25,26)27)66-110(127)112(111)124)114-98(90-42-34-38-81(58-90)72-117(7,8)9)64-86(77-122(22,23)24)65-99(114)91-43-35-39-82(59-91)73-118(10,11)12/h28-69H,70-78H2,1-27H3/i28D,29D,30D,31D,44D,45D,46D,47D,76D2,77D2. The third kappa shape index (κ3) is 19.1. The van der Waals surface area contributed by atoms with Crippen molar-refractivity contribution >= 4 is 101 Å². The molecule has 128 heavy (non-hydrogen) atoms. The summed E-state index contributed by atoms with van der Waals surface area (Å²) in [7, 11) is 0. The number of hydrogen-bond acceptors (Lipinski definition) is 2. The molecular weight excluding hydrogens is 1540 g/mol. The topological polar surface area (TPSA) is 16.3 Å². The lowest BCUT2D eigenvalue weighted by Crippen LogP contribution is -2.61. The molecule has 0 fully saturated rings. The van der Waals surface area contributed by atoms with E-state index in [1.54, 1.807) is 0 Å². The number of para-hydroxylation sites is 2. The number of benzene rings is 13. The van der Waals surface area contributed by atoms with Crippen molar-refractivity contribution in [1.29, 1.82) is 0 Å². The fourth-order valence-corrected chi connectivity index (χ4v) is 20.5. The fourth-order valence-electron chi connectivity index (χ4n) is 20.5. The van der Waals surface area contributed by atoms with Gasteiger partial charge in [-0.05, 0) is 292 Å². The Morgan fingerprint density at radius 1 is 0.250 bits per heavy atom. The second-order valence-corrected chi connectivity index (χ2v) is 48.0. The summed E-state index contributed by atoms with van der Waals surface area (Å²) in [5.41, 5.74) is 23.1. The average molecular weight is 1700 g/mol. The minimum absolute atomic E-state index is 0.129. The van der Waals surface area contributed by atoms with Gasteiger partial charge in [0, 0.05) is 83.4 Å². The van der Waals surface area contributed by atoms with Gasteiger partial charge in [-0.1, -0.05) is 345 Å². The first kappa shape index (κ1) is 75.0. The molecule has 0 unspecified atom stereocenters. The maximum atomic E-state index is 10.7. The zero-order valence-corrected chi connectivity index (χ0v) is 81.4. The number of fused-ring (bicyclic) bond motifs is 10. The summed E-state index contributed by atoms with van der Waals surface area (Å²) >= 11 is 0. The van der Waals surface area contributed by atoms with Gasteiger partial charge in [-0.2, -0.15) is 0 Å². The quantitative estimate of drug-likeness (QED) is 0.0845. The molecule has 0 saturated carbocycles. The van der Waals surface area contributed by atoms with Crippen LogP contribution in [0.5, 0.6) is 0 Å².